The standard InChI is InChI=1S/C21H24N2O2/c1-14-5-7-16(8-6-14)19(24)22-17-10-9-15-11-12-23(18(15)13-17)20(25)21(2,3)4/h5-10,13H,11-12H2,1-4H3,(H,22,24). The molecule has 25 heavy (non-hydrogen) atoms. The van der Waals surface area contributed by atoms with Crippen LogP contribution in [0.15, 0.2) is 42.5 Å². The highest BCUT2D eigenvalue weighted by Crippen LogP contribution is 2.34. The zero-order valence-corrected chi connectivity index (χ0v) is 15.2. The van der Waals surface area contributed by atoms with Crippen molar-refractivity contribution in [1.82, 2.24) is 0 Å². The number of nitrogens with one attached hydrogen (secondary N) is 1. The number of benzene rings is 2. The predicted octanol–water partition coefficient (Wildman–Crippen LogP) is 4.18. The molecule has 1 aliphatic rings. The summed E-state index contributed by atoms with van der Waals surface area (Å²) in [7, 11) is 0. The number of anilines is 2. The Bertz CT molecular complexity index is 817. The lowest BCUT2D eigenvalue weighted by Gasteiger charge is -2.26. The summed E-state index contributed by atoms with van der Waals surface area (Å²) in [6.07, 6.45) is 0.851. The monoisotopic (exact) mass is 336 g/mol. The average molecular weight is 336 g/mol. The molecule has 0 saturated carbocycles. The molecule has 0 spiro atoms. The summed E-state index contributed by atoms with van der Waals surface area (Å²) in [6, 6.07) is 13.3. The van der Waals surface area contributed by atoms with E-state index in [1.807, 2.05) is 75.1 Å². The fourth-order valence-corrected chi connectivity index (χ4v) is 2.98. The minimum atomic E-state index is -0.428. The van der Waals surface area contributed by atoms with Gasteiger partial charge in [0.1, 0.15) is 0 Å². The zero-order chi connectivity index (χ0) is 18.2. The van der Waals surface area contributed by atoms with Gasteiger partial charge in [0.05, 0.1) is 0 Å². The van der Waals surface area contributed by atoms with Crippen LogP contribution in [-0.2, 0) is 11.2 Å². The van der Waals surface area contributed by atoms with Crippen LogP contribution in [0, 0.1) is 12.3 Å². The Hall–Kier alpha value is -2.62. The Morgan fingerprint density at radius 1 is 1.04 bits per heavy atom. The molecule has 1 heterocycles. The maximum absolute atomic E-state index is 12.7. The van der Waals surface area contributed by atoms with Crippen LogP contribution in [0.4, 0.5) is 11.4 Å². The van der Waals surface area contributed by atoms with Gasteiger partial charge in [0.2, 0.25) is 5.91 Å². The fourth-order valence-electron chi connectivity index (χ4n) is 2.98. The molecule has 2 amide bonds. The molecule has 0 saturated heterocycles. The molecule has 2 aromatic carbocycles. The highest BCUT2D eigenvalue weighted by molar-refractivity contribution is 6.05. The largest absolute Gasteiger partial charge is 0.322 e. The molecule has 0 aromatic heterocycles. The first-order chi connectivity index (χ1) is 11.8. The van der Waals surface area contributed by atoms with Crippen LogP contribution in [0.2, 0.25) is 0 Å². The molecule has 0 radical (unpaired) electrons. The Morgan fingerprint density at radius 2 is 1.72 bits per heavy atom. The van der Waals surface area contributed by atoms with Crippen molar-refractivity contribution in [3.05, 3.63) is 59.2 Å². The van der Waals surface area contributed by atoms with Gasteiger partial charge in [-0.1, -0.05) is 44.5 Å². The number of hydrogen-bond donors (Lipinski definition) is 1. The topological polar surface area (TPSA) is 49.4 Å². The molecule has 3 rings (SSSR count). The molecule has 130 valence electrons. The van der Waals surface area contributed by atoms with Gasteiger partial charge < -0.3 is 10.2 Å². The highest BCUT2D eigenvalue weighted by atomic mass is 16.2. The normalized spacial score (nSPS) is 13.5. The number of fused-ring (bicyclic) bond motifs is 1. The van der Waals surface area contributed by atoms with Crippen molar-refractivity contribution >= 4 is 23.2 Å². The summed E-state index contributed by atoms with van der Waals surface area (Å²) in [6.45, 7) is 8.47. The van der Waals surface area contributed by atoms with Crippen LogP contribution in [-0.4, -0.2) is 18.4 Å². The van der Waals surface area contributed by atoms with Crippen LogP contribution in [0.25, 0.3) is 0 Å². The molecular formula is C21H24N2O2. The fraction of sp³-hybridized carbons (Fsp3) is 0.333. The lowest BCUT2D eigenvalue weighted by molar-refractivity contribution is -0.125. The Kier molecular flexibility index (Phi) is 4.38. The molecular weight excluding hydrogens is 312 g/mol. The van der Waals surface area contributed by atoms with Crippen LogP contribution in [0.5, 0.6) is 0 Å². The minimum Gasteiger partial charge on any atom is -0.322 e. The second kappa shape index (κ2) is 6.36. The Balaban J connectivity index is 1.82. The van der Waals surface area contributed by atoms with Gasteiger partial charge in [-0.2, -0.15) is 0 Å². The predicted molar refractivity (Wildman–Crippen MR) is 101 cm³/mol. The van der Waals surface area contributed by atoms with E-state index in [2.05, 4.69) is 5.32 Å². The maximum Gasteiger partial charge on any atom is 0.255 e. The average Bonchev–Trinajstić information content (AvgIpc) is 2.96. The number of nitrogens with zero attached hydrogens (tertiary/aromatic N) is 1. The van der Waals surface area contributed by atoms with E-state index in [1.165, 1.54) is 0 Å². The van der Waals surface area contributed by atoms with Crippen molar-refractivity contribution in [2.75, 3.05) is 16.8 Å². The van der Waals surface area contributed by atoms with Crippen LogP contribution >= 0.6 is 0 Å². The molecule has 2 aromatic rings. The van der Waals surface area contributed by atoms with Gasteiger partial charge in [-0.3, -0.25) is 9.59 Å². The van der Waals surface area contributed by atoms with Crippen molar-refractivity contribution < 1.29 is 9.59 Å². The van der Waals surface area contributed by atoms with E-state index in [0.717, 1.165) is 23.2 Å². The minimum absolute atomic E-state index is 0.105. The SMILES string of the molecule is Cc1ccc(C(=O)Nc2ccc3c(c2)N(C(=O)C(C)(C)C)CC3)cc1. The quantitative estimate of drug-likeness (QED) is 0.894. The molecule has 4 heteroatoms. The summed E-state index contributed by atoms with van der Waals surface area (Å²) < 4.78 is 0. The Morgan fingerprint density at radius 3 is 2.36 bits per heavy atom. The van der Waals surface area contributed by atoms with Gasteiger partial charge in [-0.25, -0.2) is 0 Å². The third-order valence-corrected chi connectivity index (χ3v) is 4.44. The first kappa shape index (κ1) is 17.2. The Labute approximate surface area is 148 Å². The number of aryl methyl sites for hydroxylation is 1. The van der Waals surface area contributed by atoms with Gasteiger partial charge in [-0.05, 0) is 43.2 Å². The smallest absolute Gasteiger partial charge is 0.255 e. The highest BCUT2D eigenvalue weighted by Gasteiger charge is 2.32. The number of amides is 2. The van der Waals surface area contributed by atoms with Crippen molar-refractivity contribution in [2.45, 2.75) is 34.1 Å². The van der Waals surface area contributed by atoms with Crippen molar-refractivity contribution in [3.8, 4) is 0 Å². The van der Waals surface area contributed by atoms with Crippen molar-refractivity contribution in [2.24, 2.45) is 5.41 Å². The summed E-state index contributed by atoms with van der Waals surface area (Å²) in [5.41, 5.74) is 4.06. The number of carbonyl (C=O) groups is 2. The summed E-state index contributed by atoms with van der Waals surface area (Å²) >= 11 is 0. The molecule has 4 nitrogen and oxygen atoms in total. The molecule has 0 aliphatic carbocycles. The molecule has 0 atom stereocenters. The van der Waals surface area contributed by atoms with Gasteiger partial charge in [0.25, 0.3) is 5.91 Å². The molecule has 0 unspecified atom stereocenters. The first-order valence-electron chi connectivity index (χ1n) is 8.58. The van der Waals surface area contributed by atoms with Gasteiger partial charge >= 0.3 is 0 Å². The second-order valence-electron chi connectivity index (χ2n) is 7.62. The number of rotatable bonds is 2. The van der Waals surface area contributed by atoms with Crippen LogP contribution in [0.1, 0.15) is 42.3 Å². The van der Waals surface area contributed by atoms with Crippen LogP contribution < -0.4 is 10.2 Å². The van der Waals surface area contributed by atoms with Gasteiger partial charge in [-0.15, -0.1) is 0 Å². The lowest BCUT2D eigenvalue weighted by Crippen LogP contribution is -2.38. The first-order valence-corrected chi connectivity index (χ1v) is 8.58. The second-order valence-corrected chi connectivity index (χ2v) is 7.62. The number of carbonyl (C=O) groups excluding carboxylic acids is 2. The van der Waals surface area contributed by atoms with Gasteiger partial charge in [0.15, 0.2) is 0 Å². The van der Waals surface area contributed by atoms with E-state index >= 15 is 0 Å². The van der Waals surface area contributed by atoms with Crippen molar-refractivity contribution in [3.63, 3.8) is 0 Å². The molecule has 0 bridgehead atoms. The molecule has 1 aliphatic heterocycles. The van der Waals surface area contributed by atoms with E-state index in [-0.39, 0.29) is 11.8 Å². The third-order valence-electron chi connectivity index (χ3n) is 4.44. The van der Waals surface area contributed by atoms with E-state index in [1.54, 1.807) is 0 Å². The lowest BCUT2D eigenvalue weighted by atomic mass is 9.94. The van der Waals surface area contributed by atoms with Crippen molar-refractivity contribution in [1.29, 1.82) is 0 Å². The van der Waals surface area contributed by atoms with Crippen LogP contribution in [0.3, 0.4) is 0 Å². The summed E-state index contributed by atoms with van der Waals surface area (Å²) in [5, 5.41) is 2.93. The van der Waals surface area contributed by atoms with E-state index < -0.39 is 5.41 Å². The number of hydrogen-bond acceptors (Lipinski definition) is 2. The van der Waals surface area contributed by atoms with Gasteiger partial charge in [0, 0.05) is 28.9 Å². The maximum atomic E-state index is 12.7. The third kappa shape index (κ3) is 3.58. The van der Waals surface area contributed by atoms with E-state index in [9.17, 15) is 9.59 Å². The summed E-state index contributed by atoms with van der Waals surface area (Å²) in [5.74, 6) is -0.0418. The summed E-state index contributed by atoms with van der Waals surface area (Å²) in [4.78, 5) is 26.9. The zero-order valence-electron chi connectivity index (χ0n) is 15.2. The van der Waals surface area contributed by atoms with E-state index in [4.69, 9.17) is 0 Å². The molecule has 0 fully saturated rings. The molecule has 1 N–H and O–H groups in total. The van der Waals surface area contributed by atoms with E-state index in [0.29, 0.717) is 17.8 Å².